The summed E-state index contributed by atoms with van der Waals surface area (Å²) in [6.07, 6.45) is 0. The van der Waals surface area contributed by atoms with E-state index in [9.17, 15) is 4.79 Å². The average molecular weight is 354 g/mol. The highest BCUT2D eigenvalue weighted by molar-refractivity contribution is 5.94. The van der Waals surface area contributed by atoms with Gasteiger partial charge in [-0.25, -0.2) is 0 Å². The van der Waals surface area contributed by atoms with Gasteiger partial charge in [-0.1, -0.05) is 13.0 Å². The second kappa shape index (κ2) is 9.39. The van der Waals surface area contributed by atoms with Gasteiger partial charge in [0.25, 0.3) is 0 Å². The van der Waals surface area contributed by atoms with Gasteiger partial charge in [0.15, 0.2) is 5.78 Å². The maximum atomic E-state index is 11.3. The van der Waals surface area contributed by atoms with Crippen molar-refractivity contribution in [2.45, 2.75) is 34.2 Å². The molecule has 140 valence electrons. The van der Waals surface area contributed by atoms with Crippen LogP contribution in [-0.4, -0.2) is 37.4 Å². The van der Waals surface area contributed by atoms with Gasteiger partial charge in [0.2, 0.25) is 0 Å². The Morgan fingerprint density at radius 2 is 1.77 bits per heavy atom. The smallest absolute Gasteiger partial charge is 0.159 e. The maximum absolute atomic E-state index is 11.3. The number of hydrogen-bond donors (Lipinski definition) is 1. The topological polar surface area (TPSA) is 41.6 Å². The van der Waals surface area contributed by atoms with Crippen LogP contribution in [0, 0.1) is 13.8 Å². The molecule has 4 heteroatoms. The van der Waals surface area contributed by atoms with Crippen molar-refractivity contribution in [1.29, 1.82) is 0 Å². The van der Waals surface area contributed by atoms with E-state index in [0.29, 0.717) is 0 Å². The first kappa shape index (κ1) is 20.0. The summed E-state index contributed by atoms with van der Waals surface area (Å²) in [4.78, 5) is 13.8. The van der Waals surface area contributed by atoms with E-state index in [2.05, 4.69) is 43.1 Å². The van der Waals surface area contributed by atoms with Crippen molar-refractivity contribution >= 4 is 11.5 Å². The van der Waals surface area contributed by atoms with Gasteiger partial charge in [0, 0.05) is 30.9 Å². The number of methoxy groups -OCH3 is 1. The number of anilines is 1. The van der Waals surface area contributed by atoms with Crippen molar-refractivity contribution in [3.05, 3.63) is 58.7 Å². The van der Waals surface area contributed by atoms with Crippen molar-refractivity contribution in [2.75, 3.05) is 32.1 Å². The molecule has 2 aromatic rings. The third kappa shape index (κ3) is 5.09. The Hall–Kier alpha value is -2.33. The van der Waals surface area contributed by atoms with E-state index in [1.807, 2.05) is 24.3 Å². The lowest BCUT2D eigenvalue weighted by Crippen LogP contribution is -2.29. The minimum atomic E-state index is 0.0962. The van der Waals surface area contributed by atoms with Crippen LogP contribution in [-0.2, 0) is 6.54 Å². The highest BCUT2D eigenvalue weighted by Gasteiger charge is 2.10. The molecule has 0 aliphatic carbocycles. The number of nitrogens with one attached hydrogen (secondary N) is 1. The summed E-state index contributed by atoms with van der Waals surface area (Å²) < 4.78 is 5.40. The van der Waals surface area contributed by atoms with Gasteiger partial charge >= 0.3 is 0 Å². The van der Waals surface area contributed by atoms with E-state index in [1.165, 1.54) is 16.7 Å². The molecule has 0 spiro atoms. The number of ether oxygens (including phenoxy) is 1. The fourth-order valence-electron chi connectivity index (χ4n) is 3.02. The Bertz CT molecular complexity index is 739. The summed E-state index contributed by atoms with van der Waals surface area (Å²) in [6, 6.07) is 11.9. The number of ketones is 1. The molecule has 1 N–H and O–H groups in total. The molecule has 0 saturated heterocycles. The van der Waals surface area contributed by atoms with Gasteiger partial charge in [-0.2, -0.15) is 0 Å². The van der Waals surface area contributed by atoms with Crippen molar-refractivity contribution in [1.82, 2.24) is 4.90 Å². The van der Waals surface area contributed by atoms with Crippen LogP contribution in [0.25, 0.3) is 0 Å². The Labute approximate surface area is 157 Å². The Balaban J connectivity index is 1.91. The lowest BCUT2D eigenvalue weighted by atomic mass is 10.0. The van der Waals surface area contributed by atoms with E-state index < -0.39 is 0 Å². The monoisotopic (exact) mass is 354 g/mol. The molecular weight excluding hydrogens is 324 g/mol. The van der Waals surface area contributed by atoms with Gasteiger partial charge in [-0.15, -0.1) is 0 Å². The zero-order valence-corrected chi connectivity index (χ0v) is 16.6. The summed E-state index contributed by atoms with van der Waals surface area (Å²) >= 11 is 0. The molecule has 0 aliphatic heterocycles. The molecule has 0 aromatic heterocycles. The fraction of sp³-hybridized carbons (Fsp3) is 0.409. The molecule has 0 unspecified atom stereocenters. The predicted octanol–water partition coefficient (Wildman–Crippen LogP) is 4.45. The fourth-order valence-corrected chi connectivity index (χ4v) is 3.02. The number of Topliss-reactive ketones (excluding diaryl/α,β-unsaturated/α-hetero) is 1. The third-order valence-corrected chi connectivity index (χ3v) is 4.96. The minimum Gasteiger partial charge on any atom is -0.496 e. The quantitative estimate of drug-likeness (QED) is 0.676. The zero-order chi connectivity index (χ0) is 19.1. The molecule has 0 heterocycles. The van der Waals surface area contributed by atoms with Crippen molar-refractivity contribution < 1.29 is 9.53 Å². The zero-order valence-electron chi connectivity index (χ0n) is 16.6. The number of likely N-dealkylation sites (N-methyl/N-ethyl adjacent to an activating group) is 1. The summed E-state index contributed by atoms with van der Waals surface area (Å²) in [6.45, 7) is 11.8. The normalized spacial score (nSPS) is 10.8. The summed E-state index contributed by atoms with van der Waals surface area (Å²) in [5, 5.41) is 3.43. The van der Waals surface area contributed by atoms with Crippen molar-refractivity contribution in [3.63, 3.8) is 0 Å². The second-order valence-corrected chi connectivity index (χ2v) is 6.61. The van der Waals surface area contributed by atoms with Gasteiger partial charge in [-0.05, 0) is 74.3 Å². The number of carbonyl (C=O) groups excluding carboxylic acids is 1. The van der Waals surface area contributed by atoms with E-state index in [-0.39, 0.29) is 5.78 Å². The van der Waals surface area contributed by atoms with Gasteiger partial charge < -0.3 is 10.1 Å². The van der Waals surface area contributed by atoms with E-state index in [1.54, 1.807) is 14.0 Å². The van der Waals surface area contributed by atoms with E-state index in [4.69, 9.17) is 4.74 Å². The Morgan fingerprint density at radius 3 is 2.35 bits per heavy atom. The first-order valence-corrected chi connectivity index (χ1v) is 9.16. The summed E-state index contributed by atoms with van der Waals surface area (Å²) in [5.41, 5.74) is 5.65. The second-order valence-electron chi connectivity index (χ2n) is 6.61. The number of carbonyl (C=O) groups is 1. The van der Waals surface area contributed by atoms with E-state index in [0.717, 1.165) is 43.2 Å². The Kier molecular flexibility index (Phi) is 7.22. The summed E-state index contributed by atoms with van der Waals surface area (Å²) in [5.74, 6) is 1.05. The van der Waals surface area contributed by atoms with E-state index >= 15 is 0 Å². The van der Waals surface area contributed by atoms with Crippen LogP contribution in [0.1, 0.15) is 40.9 Å². The molecule has 0 fully saturated rings. The maximum Gasteiger partial charge on any atom is 0.159 e. The molecule has 0 saturated carbocycles. The van der Waals surface area contributed by atoms with Crippen LogP contribution in [0.2, 0.25) is 0 Å². The average Bonchev–Trinajstić information content (AvgIpc) is 2.65. The van der Waals surface area contributed by atoms with Gasteiger partial charge in [-0.3, -0.25) is 9.69 Å². The molecule has 0 radical (unpaired) electrons. The molecule has 0 atom stereocenters. The van der Waals surface area contributed by atoms with Crippen LogP contribution in [0.4, 0.5) is 5.69 Å². The van der Waals surface area contributed by atoms with Crippen molar-refractivity contribution in [2.24, 2.45) is 0 Å². The largest absolute Gasteiger partial charge is 0.496 e. The lowest BCUT2D eigenvalue weighted by molar-refractivity contribution is 0.101. The molecule has 0 amide bonds. The molecule has 0 bridgehead atoms. The predicted molar refractivity (Wildman–Crippen MR) is 108 cm³/mol. The van der Waals surface area contributed by atoms with Crippen LogP contribution in [0.3, 0.4) is 0 Å². The first-order valence-electron chi connectivity index (χ1n) is 9.16. The third-order valence-electron chi connectivity index (χ3n) is 4.96. The summed E-state index contributed by atoms with van der Waals surface area (Å²) in [7, 11) is 1.72. The molecule has 2 rings (SSSR count). The van der Waals surface area contributed by atoms with Gasteiger partial charge in [0.1, 0.15) is 5.75 Å². The highest BCUT2D eigenvalue weighted by Crippen LogP contribution is 2.24. The van der Waals surface area contributed by atoms with Crippen molar-refractivity contribution in [3.8, 4) is 5.75 Å². The number of rotatable bonds is 9. The standard InChI is InChI=1S/C22H30N2O2/c1-6-24(15-20-9-12-22(26-5)17(3)16(20)2)14-13-23-21-10-7-19(8-11-21)18(4)25/h7-12,23H,6,13-15H2,1-5H3. The molecule has 26 heavy (non-hydrogen) atoms. The lowest BCUT2D eigenvalue weighted by Gasteiger charge is -2.23. The molecule has 4 nitrogen and oxygen atoms in total. The Morgan fingerprint density at radius 1 is 1.08 bits per heavy atom. The SMILES string of the molecule is CCN(CCNc1ccc(C(C)=O)cc1)Cc1ccc(OC)c(C)c1C. The van der Waals surface area contributed by atoms with Crippen LogP contribution >= 0.6 is 0 Å². The number of nitrogens with zero attached hydrogens (tertiary/aromatic N) is 1. The minimum absolute atomic E-state index is 0.0962. The van der Waals surface area contributed by atoms with Crippen LogP contribution in [0.15, 0.2) is 36.4 Å². The molecule has 0 aliphatic rings. The molecular formula is C22H30N2O2. The first-order chi connectivity index (χ1) is 12.5. The number of hydrogen-bond acceptors (Lipinski definition) is 4. The molecule has 2 aromatic carbocycles. The highest BCUT2D eigenvalue weighted by atomic mass is 16.5. The number of benzene rings is 2. The van der Waals surface area contributed by atoms with Crippen LogP contribution < -0.4 is 10.1 Å². The van der Waals surface area contributed by atoms with Crippen LogP contribution in [0.5, 0.6) is 5.75 Å². The van der Waals surface area contributed by atoms with Gasteiger partial charge in [0.05, 0.1) is 7.11 Å².